The molecule has 7 heteroatoms. The molecule has 0 unspecified atom stereocenters. The zero-order chi connectivity index (χ0) is 15.0. The van der Waals surface area contributed by atoms with E-state index < -0.39 is 5.97 Å². The minimum atomic E-state index is -0.474. The normalized spacial score (nSPS) is 11.0. The van der Waals surface area contributed by atoms with Crippen LogP contribution in [0.1, 0.15) is 17.3 Å². The van der Waals surface area contributed by atoms with Gasteiger partial charge in [0.25, 0.3) is 0 Å². The molecule has 3 rings (SSSR count). The number of hydrogen-bond acceptors (Lipinski definition) is 5. The van der Waals surface area contributed by atoms with Crippen molar-refractivity contribution >= 4 is 39.9 Å². The van der Waals surface area contributed by atoms with E-state index in [1.807, 2.05) is 17.5 Å². The number of pyridine rings is 1. The van der Waals surface area contributed by atoms with Gasteiger partial charge in [-0.05, 0) is 18.4 Å². The van der Waals surface area contributed by atoms with E-state index in [1.54, 1.807) is 30.0 Å². The predicted molar refractivity (Wildman–Crippen MR) is 82.8 cm³/mol. The molecule has 0 aliphatic carbocycles. The van der Waals surface area contributed by atoms with Crippen molar-refractivity contribution in [2.75, 3.05) is 6.61 Å². The predicted octanol–water partition coefficient (Wildman–Crippen LogP) is 3.53. The van der Waals surface area contributed by atoms with Gasteiger partial charge in [-0.1, -0.05) is 17.7 Å². The van der Waals surface area contributed by atoms with Crippen LogP contribution in [-0.4, -0.2) is 27.3 Å². The topological polar surface area (TPSA) is 57.0 Å². The molecule has 0 aliphatic rings. The minimum absolute atomic E-state index is 0.261. The first-order valence-corrected chi connectivity index (χ1v) is 7.61. The van der Waals surface area contributed by atoms with E-state index in [9.17, 15) is 4.79 Å². The van der Waals surface area contributed by atoms with Crippen LogP contribution in [0.25, 0.3) is 21.6 Å². The lowest BCUT2D eigenvalue weighted by molar-refractivity contribution is 0.0526. The van der Waals surface area contributed by atoms with Gasteiger partial charge in [-0.3, -0.25) is 0 Å². The quantitative estimate of drug-likeness (QED) is 0.692. The number of aryl methyl sites for hydroxylation is 1. The molecule has 0 aliphatic heterocycles. The summed E-state index contributed by atoms with van der Waals surface area (Å²) in [6, 6.07) is 3.90. The third-order valence-corrected chi connectivity index (χ3v) is 4.31. The highest BCUT2D eigenvalue weighted by molar-refractivity contribution is 7.13. The zero-order valence-corrected chi connectivity index (χ0v) is 13.0. The SMILES string of the molecule is CCOC(=O)c1cnc2c(c(-c3cccs3)nn2C)c1Cl. The minimum Gasteiger partial charge on any atom is -0.462 e. The molecule has 0 atom stereocenters. The van der Waals surface area contributed by atoms with Crippen LogP contribution in [0.15, 0.2) is 23.7 Å². The summed E-state index contributed by atoms with van der Waals surface area (Å²) in [6.07, 6.45) is 1.43. The Hall–Kier alpha value is -1.92. The fourth-order valence-corrected chi connectivity index (χ4v) is 3.13. The van der Waals surface area contributed by atoms with Gasteiger partial charge in [-0.15, -0.1) is 11.3 Å². The zero-order valence-electron chi connectivity index (χ0n) is 11.5. The summed E-state index contributed by atoms with van der Waals surface area (Å²) in [5, 5.41) is 7.43. The summed E-state index contributed by atoms with van der Waals surface area (Å²) in [6.45, 7) is 2.04. The first-order valence-electron chi connectivity index (χ1n) is 6.35. The average molecular weight is 322 g/mol. The molecule has 0 fully saturated rings. The maximum atomic E-state index is 11.9. The fourth-order valence-electron chi connectivity index (χ4n) is 2.12. The molecule has 0 saturated heterocycles. The van der Waals surface area contributed by atoms with Crippen LogP contribution in [0.2, 0.25) is 5.02 Å². The van der Waals surface area contributed by atoms with Crippen LogP contribution in [-0.2, 0) is 11.8 Å². The van der Waals surface area contributed by atoms with Crippen molar-refractivity contribution in [3.05, 3.63) is 34.3 Å². The smallest absolute Gasteiger partial charge is 0.341 e. The second-order valence-corrected chi connectivity index (χ2v) is 5.68. The van der Waals surface area contributed by atoms with Crippen LogP contribution in [0.3, 0.4) is 0 Å². The number of carbonyl (C=O) groups excluding carboxylic acids is 1. The second kappa shape index (κ2) is 5.46. The van der Waals surface area contributed by atoms with Crippen molar-refractivity contribution in [1.82, 2.24) is 14.8 Å². The molecule has 0 spiro atoms. The number of aromatic nitrogens is 3. The first-order chi connectivity index (χ1) is 10.1. The summed E-state index contributed by atoms with van der Waals surface area (Å²) in [4.78, 5) is 17.2. The van der Waals surface area contributed by atoms with Crippen LogP contribution >= 0.6 is 22.9 Å². The van der Waals surface area contributed by atoms with Crippen molar-refractivity contribution in [3.8, 4) is 10.6 Å². The second-order valence-electron chi connectivity index (χ2n) is 4.35. The molecular weight excluding hydrogens is 310 g/mol. The van der Waals surface area contributed by atoms with Gasteiger partial charge in [0.2, 0.25) is 0 Å². The highest BCUT2D eigenvalue weighted by Crippen LogP contribution is 2.36. The van der Waals surface area contributed by atoms with Gasteiger partial charge in [0.1, 0.15) is 5.69 Å². The third kappa shape index (κ3) is 2.30. The van der Waals surface area contributed by atoms with Crippen LogP contribution in [0, 0.1) is 0 Å². The number of ether oxygens (including phenoxy) is 1. The molecule has 0 N–H and O–H groups in total. The van der Waals surface area contributed by atoms with Crippen LogP contribution in [0.5, 0.6) is 0 Å². The number of nitrogens with zero attached hydrogens (tertiary/aromatic N) is 3. The number of hydrogen-bond donors (Lipinski definition) is 0. The number of carbonyl (C=O) groups is 1. The summed E-state index contributed by atoms with van der Waals surface area (Å²) in [5.41, 5.74) is 1.62. The van der Waals surface area contributed by atoms with Gasteiger partial charge in [0.15, 0.2) is 5.65 Å². The lowest BCUT2D eigenvalue weighted by atomic mass is 10.2. The number of halogens is 1. The Kier molecular flexibility index (Phi) is 3.65. The lowest BCUT2D eigenvalue weighted by Crippen LogP contribution is -2.06. The van der Waals surface area contributed by atoms with E-state index in [4.69, 9.17) is 16.3 Å². The molecule has 108 valence electrons. The van der Waals surface area contributed by atoms with Crippen molar-refractivity contribution in [3.63, 3.8) is 0 Å². The Morgan fingerprint density at radius 3 is 3.00 bits per heavy atom. The number of esters is 1. The van der Waals surface area contributed by atoms with E-state index in [2.05, 4.69) is 10.1 Å². The highest BCUT2D eigenvalue weighted by Gasteiger charge is 2.21. The van der Waals surface area contributed by atoms with Crippen molar-refractivity contribution in [1.29, 1.82) is 0 Å². The molecule has 3 aromatic rings. The molecule has 3 heterocycles. The van der Waals surface area contributed by atoms with Gasteiger partial charge >= 0.3 is 5.97 Å². The van der Waals surface area contributed by atoms with E-state index in [0.717, 1.165) is 10.6 Å². The third-order valence-electron chi connectivity index (χ3n) is 3.04. The first kappa shape index (κ1) is 14.0. The Morgan fingerprint density at radius 2 is 2.33 bits per heavy atom. The maximum absolute atomic E-state index is 11.9. The Bertz CT molecular complexity index is 811. The van der Waals surface area contributed by atoms with Crippen molar-refractivity contribution < 1.29 is 9.53 Å². The summed E-state index contributed by atoms with van der Waals surface area (Å²) in [5.74, 6) is -0.474. The standard InChI is InChI=1S/C14H12ClN3O2S/c1-3-20-14(19)8-7-16-13-10(11(8)15)12(17-18(13)2)9-5-4-6-21-9/h4-7H,3H2,1-2H3. The highest BCUT2D eigenvalue weighted by atomic mass is 35.5. The summed E-state index contributed by atoms with van der Waals surface area (Å²) in [7, 11) is 1.80. The molecule has 3 aromatic heterocycles. The average Bonchev–Trinajstić information content (AvgIpc) is 3.08. The molecule has 0 bridgehead atoms. The Labute approximate surface area is 130 Å². The van der Waals surface area contributed by atoms with E-state index in [0.29, 0.717) is 16.1 Å². The maximum Gasteiger partial charge on any atom is 0.341 e. The lowest BCUT2D eigenvalue weighted by Gasteiger charge is -2.05. The summed E-state index contributed by atoms with van der Waals surface area (Å²) < 4.78 is 6.67. The molecule has 0 radical (unpaired) electrons. The molecule has 0 amide bonds. The van der Waals surface area contributed by atoms with Crippen molar-refractivity contribution in [2.24, 2.45) is 7.05 Å². The van der Waals surface area contributed by atoms with Gasteiger partial charge in [-0.25, -0.2) is 14.5 Å². The van der Waals surface area contributed by atoms with Gasteiger partial charge < -0.3 is 4.74 Å². The van der Waals surface area contributed by atoms with E-state index in [1.165, 1.54) is 6.20 Å². The molecule has 0 saturated carbocycles. The Balaban J connectivity index is 2.27. The number of thiophene rings is 1. The molecular formula is C14H12ClN3O2S. The Morgan fingerprint density at radius 1 is 1.52 bits per heavy atom. The molecule has 0 aromatic carbocycles. The van der Waals surface area contributed by atoms with Gasteiger partial charge in [0, 0.05) is 13.2 Å². The van der Waals surface area contributed by atoms with Crippen LogP contribution in [0.4, 0.5) is 0 Å². The number of rotatable bonds is 3. The van der Waals surface area contributed by atoms with E-state index in [-0.39, 0.29) is 12.2 Å². The number of fused-ring (bicyclic) bond motifs is 1. The van der Waals surface area contributed by atoms with E-state index >= 15 is 0 Å². The van der Waals surface area contributed by atoms with Gasteiger partial charge in [-0.2, -0.15) is 5.10 Å². The van der Waals surface area contributed by atoms with Gasteiger partial charge in [0.05, 0.1) is 27.5 Å². The molecule has 5 nitrogen and oxygen atoms in total. The molecule has 21 heavy (non-hydrogen) atoms. The summed E-state index contributed by atoms with van der Waals surface area (Å²) >= 11 is 7.98. The largest absolute Gasteiger partial charge is 0.462 e. The monoisotopic (exact) mass is 321 g/mol. The van der Waals surface area contributed by atoms with Crippen LogP contribution < -0.4 is 0 Å². The van der Waals surface area contributed by atoms with Crippen molar-refractivity contribution in [2.45, 2.75) is 6.92 Å². The fraction of sp³-hybridized carbons (Fsp3) is 0.214.